The van der Waals surface area contributed by atoms with Gasteiger partial charge in [0.15, 0.2) is 12.4 Å². The molecule has 0 aromatic heterocycles. The zero-order chi connectivity index (χ0) is 15.1. The first kappa shape index (κ1) is 16.8. The van der Waals surface area contributed by atoms with Gasteiger partial charge in [0.1, 0.15) is 0 Å². The summed E-state index contributed by atoms with van der Waals surface area (Å²) in [6.07, 6.45) is 8.85. The summed E-state index contributed by atoms with van der Waals surface area (Å²) in [4.78, 5) is 2.14. The zero-order valence-electron chi connectivity index (χ0n) is 13.7. The van der Waals surface area contributed by atoms with Gasteiger partial charge in [-0.2, -0.15) is 0 Å². The lowest BCUT2D eigenvalue weighted by Gasteiger charge is -2.36. The Hall–Kier alpha value is -0.580. The average Bonchev–Trinajstić information content (AvgIpc) is 2.84. The Balaban J connectivity index is 2.06. The van der Waals surface area contributed by atoms with Crippen LogP contribution < -0.4 is 0 Å². The second kappa shape index (κ2) is 8.16. The molecule has 1 saturated carbocycles. The van der Waals surface area contributed by atoms with Crippen LogP contribution in [-0.2, 0) is 14.2 Å². The van der Waals surface area contributed by atoms with Crippen LogP contribution >= 0.6 is 0 Å². The predicted molar refractivity (Wildman–Crippen MR) is 82.5 cm³/mol. The van der Waals surface area contributed by atoms with Gasteiger partial charge in [0.05, 0.1) is 13.2 Å². The van der Waals surface area contributed by atoms with E-state index in [-0.39, 0.29) is 5.79 Å². The van der Waals surface area contributed by atoms with E-state index in [9.17, 15) is 0 Å². The van der Waals surface area contributed by atoms with Crippen molar-refractivity contribution in [2.24, 2.45) is 5.92 Å². The molecule has 1 aliphatic carbocycles. The highest BCUT2D eigenvalue weighted by Gasteiger charge is 2.44. The standard InChI is InChI=1S/C17H29NO3/c1-4-19-11-9-16(18(2)3)14-15-8-6-5-7-10-17(15)20-12-13-21-17/h9,15H,4-8,10,12-14H2,1-3H3/b16-9+. The molecule has 1 unspecified atom stereocenters. The Morgan fingerprint density at radius 1 is 1.29 bits per heavy atom. The lowest BCUT2D eigenvalue weighted by atomic mass is 9.88. The minimum absolute atomic E-state index is 0.350. The first-order valence-electron chi connectivity index (χ1n) is 8.19. The summed E-state index contributed by atoms with van der Waals surface area (Å²) in [5.41, 5.74) is 1.22. The first-order valence-corrected chi connectivity index (χ1v) is 8.19. The second-order valence-corrected chi connectivity index (χ2v) is 6.09. The second-order valence-electron chi connectivity index (χ2n) is 6.09. The molecular weight excluding hydrogens is 266 g/mol. The van der Waals surface area contributed by atoms with Gasteiger partial charge in [0.25, 0.3) is 0 Å². The summed E-state index contributed by atoms with van der Waals surface area (Å²) in [7, 11) is 4.14. The van der Waals surface area contributed by atoms with E-state index in [2.05, 4.69) is 25.6 Å². The number of hydrogen-bond donors (Lipinski definition) is 0. The summed E-state index contributed by atoms with van der Waals surface area (Å²) >= 11 is 0. The Kier molecular flexibility index (Phi) is 6.52. The maximum absolute atomic E-state index is 6.06. The molecule has 0 N–H and O–H groups in total. The lowest BCUT2D eigenvalue weighted by molar-refractivity contribution is -0.199. The van der Waals surface area contributed by atoms with Gasteiger partial charge in [0, 0.05) is 38.7 Å². The van der Waals surface area contributed by atoms with Crippen LogP contribution in [0.3, 0.4) is 0 Å². The molecule has 0 aromatic carbocycles. The zero-order valence-corrected chi connectivity index (χ0v) is 13.7. The highest BCUT2D eigenvalue weighted by atomic mass is 16.7. The quantitative estimate of drug-likeness (QED) is 0.704. The fraction of sp³-hybridized carbons (Fsp3) is 0.824. The number of allylic oxidation sites excluding steroid dienone is 1. The van der Waals surface area contributed by atoms with Crippen LogP contribution in [0.15, 0.2) is 11.8 Å². The number of ether oxygens (including phenoxy) is 3. The van der Waals surface area contributed by atoms with E-state index in [0.717, 1.165) is 26.1 Å². The van der Waals surface area contributed by atoms with Gasteiger partial charge < -0.3 is 19.1 Å². The molecule has 2 radical (unpaired) electrons. The van der Waals surface area contributed by atoms with E-state index < -0.39 is 0 Å². The van der Waals surface area contributed by atoms with Crippen LogP contribution in [0.1, 0.15) is 45.4 Å². The third-order valence-corrected chi connectivity index (χ3v) is 4.46. The van der Waals surface area contributed by atoms with Gasteiger partial charge in [-0.15, -0.1) is 0 Å². The van der Waals surface area contributed by atoms with Gasteiger partial charge in [-0.1, -0.05) is 12.8 Å². The third kappa shape index (κ3) is 4.44. The van der Waals surface area contributed by atoms with E-state index in [1.165, 1.54) is 31.4 Å². The maximum atomic E-state index is 6.06. The minimum Gasteiger partial charge on any atom is -0.381 e. The van der Waals surface area contributed by atoms with Crippen LogP contribution in [0.2, 0.25) is 0 Å². The van der Waals surface area contributed by atoms with Crippen molar-refractivity contribution in [2.45, 2.75) is 51.2 Å². The van der Waals surface area contributed by atoms with Gasteiger partial charge >= 0.3 is 0 Å². The Morgan fingerprint density at radius 2 is 2.05 bits per heavy atom. The third-order valence-electron chi connectivity index (χ3n) is 4.46. The molecule has 120 valence electrons. The molecule has 1 atom stereocenters. The van der Waals surface area contributed by atoms with E-state index in [1.807, 2.05) is 13.0 Å². The lowest BCUT2D eigenvalue weighted by Crippen LogP contribution is -2.39. The molecule has 0 bridgehead atoms. The van der Waals surface area contributed by atoms with E-state index in [4.69, 9.17) is 14.2 Å². The Morgan fingerprint density at radius 3 is 2.71 bits per heavy atom. The summed E-state index contributed by atoms with van der Waals surface area (Å²) in [5.74, 6) is 0.0663. The number of hydrogen-bond acceptors (Lipinski definition) is 4. The van der Waals surface area contributed by atoms with Crippen molar-refractivity contribution >= 4 is 0 Å². The van der Waals surface area contributed by atoms with Crippen LogP contribution in [0.5, 0.6) is 0 Å². The topological polar surface area (TPSA) is 30.9 Å². The average molecular weight is 295 g/mol. The van der Waals surface area contributed by atoms with E-state index in [1.54, 1.807) is 0 Å². The molecule has 0 aromatic rings. The molecule has 2 fully saturated rings. The van der Waals surface area contributed by atoms with Gasteiger partial charge in [0.2, 0.25) is 0 Å². The first-order chi connectivity index (χ1) is 10.2. The van der Waals surface area contributed by atoms with Crippen LogP contribution in [0.4, 0.5) is 0 Å². The largest absolute Gasteiger partial charge is 0.381 e. The van der Waals surface area contributed by atoms with Crippen LogP contribution in [-0.4, -0.2) is 44.6 Å². The van der Waals surface area contributed by atoms with Crippen molar-refractivity contribution in [2.75, 3.05) is 33.9 Å². The van der Waals surface area contributed by atoms with Crippen molar-refractivity contribution in [3.05, 3.63) is 18.4 Å². The van der Waals surface area contributed by atoms with Crippen molar-refractivity contribution in [1.29, 1.82) is 0 Å². The molecule has 4 nitrogen and oxygen atoms in total. The molecule has 2 rings (SSSR count). The predicted octanol–water partition coefficient (Wildman–Crippen LogP) is 3.22. The fourth-order valence-corrected chi connectivity index (χ4v) is 3.29. The molecule has 0 amide bonds. The van der Waals surface area contributed by atoms with Crippen LogP contribution in [0, 0.1) is 12.5 Å². The van der Waals surface area contributed by atoms with Crippen molar-refractivity contribution < 1.29 is 14.2 Å². The monoisotopic (exact) mass is 295 g/mol. The molecule has 1 spiro atoms. The smallest absolute Gasteiger partial charge is 0.171 e. The van der Waals surface area contributed by atoms with Crippen LogP contribution in [0.25, 0.3) is 0 Å². The molecule has 21 heavy (non-hydrogen) atoms. The van der Waals surface area contributed by atoms with Crippen molar-refractivity contribution in [3.63, 3.8) is 0 Å². The summed E-state index contributed by atoms with van der Waals surface area (Å²) < 4.78 is 17.4. The molecule has 1 heterocycles. The number of nitrogens with zero attached hydrogens (tertiary/aromatic N) is 1. The maximum Gasteiger partial charge on any atom is 0.171 e. The molecule has 2 aliphatic rings. The van der Waals surface area contributed by atoms with Gasteiger partial charge in [-0.3, -0.25) is 0 Å². The summed E-state index contributed by atoms with van der Waals surface area (Å²) in [5, 5.41) is 0. The molecule has 1 saturated heterocycles. The number of rotatable bonds is 6. The van der Waals surface area contributed by atoms with Crippen molar-refractivity contribution in [3.8, 4) is 0 Å². The van der Waals surface area contributed by atoms with Gasteiger partial charge in [-0.05, 0) is 32.3 Å². The highest BCUT2D eigenvalue weighted by Crippen LogP contribution is 2.42. The molecular formula is C17H29NO3. The fourth-order valence-electron chi connectivity index (χ4n) is 3.29. The Labute approximate surface area is 129 Å². The minimum atomic E-state index is -0.350. The normalized spacial score (nSPS) is 26.0. The summed E-state index contributed by atoms with van der Waals surface area (Å²) in [6.45, 7) is 7.00. The van der Waals surface area contributed by atoms with E-state index in [0.29, 0.717) is 12.5 Å². The van der Waals surface area contributed by atoms with E-state index >= 15 is 0 Å². The van der Waals surface area contributed by atoms with Gasteiger partial charge in [-0.25, -0.2) is 0 Å². The molecule has 4 heteroatoms. The SMILES string of the molecule is CCO[C]/C=C(\CC1CCCCCC12OCCO2)N(C)C. The summed E-state index contributed by atoms with van der Waals surface area (Å²) in [6, 6.07) is 0. The highest BCUT2D eigenvalue weighted by molar-refractivity contribution is 5.07. The molecule has 1 aliphatic heterocycles. The Bertz CT molecular complexity index is 335. The van der Waals surface area contributed by atoms with Crippen molar-refractivity contribution in [1.82, 2.24) is 4.90 Å².